The summed E-state index contributed by atoms with van der Waals surface area (Å²) in [5.41, 5.74) is 3.32. The molecular weight excluding hydrogens is 495 g/mol. The van der Waals surface area contributed by atoms with Crippen molar-refractivity contribution in [2.24, 2.45) is 5.92 Å². The van der Waals surface area contributed by atoms with Gasteiger partial charge in [0, 0.05) is 35.4 Å². The van der Waals surface area contributed by atoms with Gasteiger partial charge < -0.3 is 20.1 Å². The molecule has 8 heteroatoms. The summed E-state index contributed by atoms with van der Waals surface area (Å²) < 4.78 is 11.4. The van der Waals surface area contributed by atoms with Crippen molar-refractivity contribution in [1.82, 2.24) is 0 Å². The molecule has 0 heterocycles. The van der Waals surface area contributed by atoms with E-state index in [-0.39, 0.29) is 12.5 Å². The van der Waals surface area contributed by atoms with Crippen LogP contribution in [-0.2, 0) is 17.9 Å². The Bertz CT molecular complexity index is 1150. The number of carbonyl (C=O) groups is 1. The van der Waals surface area contributed by atoms with Gasteiger partial charge in [-0.15, -0.1) is 0 Å². The number of methoxy groups -OCH3 is 1. The first-order valence-corrected chi connectivity index (χ1v) is 12.0. The average molecular weight is 522 g/mol. The Labute approximate surface area is 215 Å². The van der Waals surface area contributed by atoms with Gasteiger partial charge in [0.05, 0.1) is 17.2 Å². The topological polar surface area (TPSA) is 59.6 Å². The number of amides is 1. The molecule has 0 bridgehead atoms. The van der Waals surface area contributed by atoms with Crippen molar-refractivity contribution in [3.8, 4) is 11.5 Å². The van der Waals surface area contributed by atoms with Crippen LogP contribution in [0.15, 0.2) is 54.6 Å². The molecule has 0 saturated heterocycles. The molecule has 0 aromatic heterocycles. The standard InChI is InChI=1S/C26H27Cl3N2O3/c1-16(2)9-26(32)31-20-6-4-5-19(12-20)30-14-18-11-24(33-3)25(13-22(18)28)34-15-17-7-8-21(27)23(29)10-17/h4-8,10-13,16,30H,9,14-15H2,1-3H3,(H,31,32). The summed E-state index contributed by atoms with van der Waals surface area (Å²) in [4.78, 5) is 12.0. The first-order chi connectivity index (χ1) is 16.2. The molecule has 0 fully saturated rings. The highest BCUT2D eigenvalue weighted by molar-refractivity contribution is 6.42. The molecular formula is C26H27Cl3N2O3. The van der Waals surface area contributed by atoms with Gasteiger partial charge in [-0.3, -0.25) is 4.79 Å². The van der Waals surface area contributed by atoms with Crippen LogP contribution in [0.1, 0.15) is 31.4 Å². The zero-order valence-corrected chi connectivity index (χ0v) is 21.5. The first-order valence-electron chi connectivity index (χ1n) is 10.8. The number of hydrogen-bond donors (Lipinski definition) is 2. The second-order valence-corrected chi connectivity index (χ2v) is 9.43. The maximum atomic E-state index is 12.0. The quantitative estimate of drug-likeness (QED) is 0.285. The van der Waals surface area contributed by atoms with Crippen LogP contribution in [0, 0.1) is 5.92 Å². The maximum absolute atomic E-state index is 12.0. The molecule has 180 valence electrons. The Balaban J connectivity index is 1.66. The van der Waals surface area contributed by atoms with Crippen LogP contribution >= 0.6 is 34.8 Å². The molecule has 0 atom stereocenters. The Morgan fingerprint density at radius 1 is 0.912 bits per heavy atom. The molecule has 0 saturated carbocycles. The van der Waals surface area contributed by atoms with Crippen molar-refractivity contribution in [3.05, 3.63) is 80.8 Å². The SMILES string of the molecule is COc1cc(CNc2cccc(NC(=O)CC(C)C)c2)c(Cl)cc1OCc1ccc(Cl)c(Cl)c1. The number of benzene rings is 3. The fourth-order valence-electron chi connectivity index (χ4n) is 3.26. The average Bonchev–Trinajstić information content (AvgIpc) is 2.78. The number of halogens is 3. The van der Waals surface area contributed by atoms with E-state index in [1.54, 1.807) is 25.3 Å². The molecule has 3 aromatic carbocycles. The fraction of sp³-hybridized carbons (Fsp3) is 0.269. The Morgan fingerprint density at radius 3 is 2.38 bits per heavy atom. The van der Waals surface area contributed by atoms with E-state index < -0.39 is 0 Å². The lowest BCUT2D eigenvalue weighted by Crippen LogP contribution is -2.13. The van der Waals surface area contributed by atoms with Crippen LogP contribution in [0.4, 0.5) is 11.4 Å². The predicted octanol–water partition coefficient (Wildman–Crippen LogP) is 7.83. The number of hydrogen-bond acceptors (Lipinski definition) is 4. The first kappa shape index (κ1) is 26.0. The van der Waals surface area contributed by atoms with E-state index >= 15 is 0 Å². The van der Waals surface area contributed by atoms with Gasteiger partial charge in [-0.25, -0.2) is 0 Å². The molecule has 0 aliphatic heterocycles. The van der Waals surface area contributed by atoms with E-state index in [9.17, 15) is 4.79 Å². The Kier molecular flexibility index (Phi) is 9.34. The summed E-state index contributed by atoms with van der Waals surface area (Å²) in [5, 5.41) is 7.77. The van der Waals surface area contributed by atoms with Crippen molar-refractivity contribution in [2.45, 2.75) is 33.4 Å². The summed E-state index contributed by atoms with van der Waals surface area (Å²) in [5.74, 6) is 1.39. The number of ether oxygens (including phenoxy) is 2. The zero-order chi connectivity index (χ0) is 24.7. The zero-order valence-electron chi connectivity index (χ0n) is 19.3. The third-order valence-corrected chi connectivity index (χ3v) is 6.02. The number of nitrogens with one attached hydrogen (secondary N) is 2. The predicted molar refractivity (Wildman–Crippen MR) is 141 cm³/mol. The van der Waals surface area contributed by atoms with Gasteiger partial charge in [-0.05, 0) is 53.4 Å². The number of anilines is 2. The third kappa shape index (κ3) is 7.45. The van der Waals surface area contributed by atoms with Gasteiger partial charge in [-0.1, -0.05) is 60.8 Å². The summed E-state index contributed by atoms with van der Waals surface area (Å²) >= 11 is 18.6. The second kappa shape index (κ2) is 12.2. The minimum Gasteiger partial charge on any atom is -0.493 e. The molecule has 5 nitrogen and oxygen atoms in total. The third-order valence-electron chi connectivity index (χ3n) is 4.93. The lowest BCUT2D eigenvalue weighted by molar-refractivity contribution is -0.116. The summed E-state index contributed by atoms with van der Waals surface area (Å²) in [6.07, 6.45) is 0.479. The second-order valence-electron chi connectivity index (χ2n) is 8.21. The van der Waals surface area contributed by atoms with E-state index in [0.29, 0.717) is 45.5 Å². The van der Waals surface area contributed by atoms with Crippen LogP contribution in [0.25, 0.3) is 0 Å². The molecule has 2 N–H and O–H groups in total. The number of carbonyl (C=O) groups excluding carboxylic acids is 1. The van der Waals surface area contributed by atoms with Crippen LogP contribution in [0.2, 0.25) is 15.1 Å². The van der Waals surface area contributed by atoms with E-state index in [1.807, 2.05) is 50.2 Å². The van der Waals surface area contributed by atoms with Crippen LogP contribution < -0.4 is 20.1 Å². The highest BCUT2D eigenvalue weighted by Gasteiger charge is 2.12. The lowest BCUT2D eigenvalue weighted by Gasteiger charge is -2.15. The molecule has 0 spiro atoms. The van der Waals surface area contributed by atoms with Gasteiger partial charge in [0.1, 0.15) is 6.61 Å². The molecule has 0 unspecified atom stereocenters. The normalized spacial score (nSPS) is 10.8. The highest BCUT2D eigenvalue weighted by Crippen LogP contribution is 2.35. The minimum absolute atomic E-state index is 0.00334. The van der Waals surface area contributed by atoms with Crippen LogP contribution in [0.3, 0.4) is 0 Å². The maximum Gasteiger partial charge on any atom is 0.224 e. The monoisotopic (exact) mass is 520 g/mol. The van der Waals surface area contributed by atoms with Gasteiger partial charge >= 0.3 is 0 Å². The molecule has 0 radical (unpaired) electrons. The molecule has 3 aromatic rings. The number of rotatable bonds is 10. The van der Waals surface area contributed by atoms with Gasteiger partial charge in [0.25, 0.3) is 0 Å². The summed E-state index contributed by atoms with van der Waals surface area (Å²) in [7, 11) is 1.58. The van der Waals surface area contributed by atoms with E-state index in [4.69, 9.17) is 44.3 Å². The minimum atomic E-state index is -0.00334. The van der Waals surface area contributed by atoms with E-state index in [1.165, 1.54) is 0 Å². The summed E-state index contributed by atoms with van der Waals surface area (Å²) in [6, 6.07) is 16.5. The molecule has 34 heavy (non-hydrogen) atoms. The lowest BCUT2D eigenvalue weighted by atomic mass is 10.1. The van der Waals surface area contributed by atoms with E-state index in [2.05, 4.69) is 10.6 Å². The smallest absolute Gasteiger partial charge is 0.224 e. The highest BCUT2D eigenvalue weighted by atomic mass is 35.5. The van der Waals surface area contributed by atoms with E-state index in [0.717, 1.165) is 22.5 Å². The van der Waals surface area contributed by atoms with Crippen molar-refractivity contribution < 1.29 is 14.3 Å². The molecule has 0 aliphatic carbocycles. The Morgan fingerprint density at radius 2 is 1.68 bits per heavy atom. The van der Waals surface area contributed by atoms with Gasteiger partial charge in [-0.2, -0.15) is 0 Å². The van der Waals surface area contributed by atoms with Gasteiger partial charge in [0.15, 0.2) is 11.5 Å². The fourth-order valence-corrected chi connectivity index (χ4v) is 3.80. The summed E-state index contributed by atoms with van der Waals surface area (Å²) in [6.45, 7) is 4.78. The van der Waals surface area contributed by atoms with Crippen molar-refractivity contribution in [1.29, 1.82) is 0 Å². The van der Waals surface area contributed by atoms with Crippen LogP contribution in [0.5, 0.6) is 11.5 Å². The van der Waals surface area contributed by atoms with Crippen molar-refractivity contribution in [2.75, 3.05) is 17.7 Å². The molecule has 0 aliphatic rings. The van der Waals surface area contributed by atoms with Crippen molar-refractivity contribution in [3.63, 3.8) is 0 Å². The molecule has 3 rings (SSSR count). The van der Waals surface area contributed by atoms with Crippen LogP contribution in [-0.4, -0.2) is 13.0 Å². The van der Waals surface area contributed by atoms with Gasteiger partial charge in [0.2, 0.25) is 5.91 Å². The Hall–Kier alpha value is -2.60. The molecule has 1 amide bonds. The van der Waals surface area contributed by atoms with Crippen molar-refractivity contribution >= 4 is 52.1 Å². The largest absolute Gasteiger partial charge is 0.493 e.